The van der Waals surface area contributed by atoms with Crippen molar-refractivity contribution in [3.8, 4) is 46.0 Å². The average Bonchev–Trinajstić information content (AvgIpc) is 3.35. The van der Waals surface area contributed by atoms with Crippen LogP contribution in [0.3, 0.4) is 0 Å². The number of nitrogens with zero attached hydrogens (tertiary/aromatic N) is 1. The largest absolute Gasteiger partial charge is 0.872 e. The van der Waals surface area contributed by atoms with Crippen LogP contribution >= 0.6 is 0 Å². The number of phenolic OH excluding ortho intramolecular Hbond substituents is 3. The number of rotatable bonds is 14. The SMILES string of the molecule is COc1ccc([N+](c2ccc(OC)cc2)(c2ccc(OC)cc2)c2ccc(OC)cc2)cc1.Cc1ccc(O)c(Cc2cccc(Cc3cc(C)cc(Cc4cc(C)ccc4O)c3O)c2[O-])c1. The molecule has 8 rings (SSSR count). The summed E-state index contributed by atoms with van der Waals surface area (Å²) >= 11 is 0. The molecule has 0 atom stereocenters. The predicted molar refractivity (Wildman–Crippen MR) is 266 cm³/mol. The van der Waals surface area contributed by atoms with Gasteiger partial charge < -0.3 is 39.4 Å². The number of aryl methyl sites for hydroxylation is 3. The highest BCUT2D eigenvalue weighted by atomic mass is 16.5. The van der Waals surface area contributed by atoms with Crippen LogP contribution in [-0.2, 0) is 19.3 Å². The summed E-state index contributed by atoms with van der Waals surface area (Å²) in [5.41, 5.74) is 11.3. The van der Waals surface area contributed by atoms with Crippen molar-refractivity contribution in [1.29, 1.82) is 0 Å². The highest BCUT2D eigenvalue weighted by molar-refractivity contribution is 5.82. The number of ether oxygens (including phenoxy) is 4. The molecular formula is C58H57NO8. The van der Waals surface area contributed by atoms with Crippen LogP contribution in [0.4, 0.5) is 22.7 Å². The molecule has 0 fully saturated rings. The van der Waals surface area contributed by atoms with Gasteiger partial charge in [-0.1, -0.05) is 82.4 Å². The van der Waals surface area contributed by atoms with E-state index in [2.05, 4.69) is 48.5 Å². The minimum Gasteiger partial charge on any atom is -0.872 e. The van der Waals surface area contributed by atoms with Gasteiger partial charge in [0.1, 0.15) is 63.0 Å². The zero-order valence-electron chi connectivity index (χ0n) is 39.0. The quantitative estimate of drug-likeness (QED) is 0.0923. The van der Waals surface area contributed by atoms with E-state index in [-0.39, 0.29) is 23.0 Å². The Balaban J connectivity index is 0.000000199. The molecule has 8 aromatic rings. The maximum Gasteiger partial charge on any atom is 0.148 e. The number of phenols is 3. The molecule has 0 aliphatic rings. The first-order valence-corrected chi connectivity index (χ1v) is 22.0. The Labute approximate surface area is 393 Å². The van der Waals surface area contributed by atoms with Crippen molar-refractivity contribution < 1.29 is 39.4 Å². The Morgan fingerprint density at radius 3 is 1.00 bits per heavy atom. The number of aromatic hydroxyl groups is 3. The van der Waals surface area contributed by atoms with Gasteiger partial charge in [0.05, 0.1) is 28.4 Å². The molecule has 0 aromatic heterocycles. The molecule has 0 aliphatic carbocycles. The fourth-order valence-electron chi connectivity index (χ4n) is 8.57. The fraction of sp³-hybridized carbons (Fsp3) is 0.172. The lowest BCUT2D eigenvalue weighted by Crippen LogP contribution is -2.33. The standard InChI is InChI=1S/C30H30O4.C28H28NO4/c1-18-7-9-27(31)23(11-18)15-21-5-4-6-22(29(21)33)16-25-13-20(3)14-26(30(25)34)17-24-12-19(2)8-10-28(24)32;1-30-25-13-5-21(6-14-25)29(22-7-15-26(31-2)16-8-22,23-9-17-27(32-3)18-10-23)24-11-19-28(33-4)20-12-24/h4-14,31-34H,15-17H2,1-3H3;5-20H,1-4H3/q;+1/p-1. The minimum absolute atomic E-state index is 0.0813. The molecule has 0 amide bonds. The van der Waals surface area contributed by atoms with Gasteiger partial charge in [-0.05, 0) is 104 Å². The number of hydrogen-bond donors (Lipinski definition) is 3. The molecule has 8 aromatic carbocycles. The smallest absolute Gasteiger partial charge is 0.148 e. The Morgan fingerprint density at radius 1 is 0.373 bits per heavy atom. The highest BCUT2D eigenvalue weighted by Gasteiger charge is 2.39. The minimum atomic E-state index is -0.0813. The van der Waals surface area contributed by atoms with Crippen molar-refractivity contribution in [2.75, 3.05) is 28.4 Å². The molecule has 67 heavy (non-hydrogen) atoms. The van der Waals surface area contributed by atoms with Crippen LogP contribution in [-0.4, -0.2) is 43.8 Å². The van der Waals surface area contributed by atoms with E-state index >= 15 is 0 Å². The maximum atomic E-state index is 13.2. The normalized spacial score (nSPS) is 11.0. The monoisotopic (exact) mass is 895 g/mol. The molecule has 0 aliphatic heterocycles. The number of para-hydroxylation sites is 1. The molecule has 9 nitrogen and oxygen atoms in total. The van der Waals surface area contributed by atoms with E-state index in [1.54, 1.807) is 52.7 Å². The Hall–Kier alpha value is -7.88. The summed E-state index contributed by atoms with van der Waals surface area (Å²) in [7, 11) is 6.70. The van der Waals surface area contributed by atoms with Gasteiger partial charge in [-0.3, -0.25) is 0 Å². The first kappa shape index (κ1) is 47.1. The lowest BCUT2D eigenvalue weighted by atomic mass is 9.93. The lowest BCUT2D eigenvalue weighted by molar-refractivity contribution is -0.270. The van der Waals surface area contributed by atoms with E-state index in [0.717, 1.165) is 68.0 Å². The topological polar surface area (TPSA) is 121 Å². The van der Waals surface area contributed by atoms with E-state index in [1.165, 1.54) is 0 Å². The Bertz CT molecular complexity index is 2730. The summed E-state index contributed by atoms with van der Waals surface area (Å²) in [4.78, 5) is 0. The van der Waals surface area contributed by atoms with Gasteiger partial charge in [-0.15, -0.1) is 5.75 Å². The van der Waals surface area contributed by atoms with Crippen molar-refractivity contribution in [2.45, 2.75) is 40.0 Å². The van der Waals surface area contributed by atoms with E-state index in [9.17, 15) is 20.4 Å². The molecular weight excluding hydrogens is 839 g/mol. The van der Waals surface area contributed by atoms with Crippen LogP contribution in [0.2, 0.25) is 0 Å². The second kappa shape index (κ2) is 21.0. The average molecular weight is 896 g/mol. The maximum absolute atomic E-state index is 13.2. The summed E-state index contributed by atoms with van der Waals surface area (Å²) in [5, 5.41) is 44.7. The van der Waals surface area contributed by atoms with Crippen LogP contribution in [0.25, 0.3) is 0 Å². The van der Waals surface area contributed by atoms with E-state index < -0.39 is 0 Å². The van der Waals surface area contributed by atoms with E-state index in [1.807, 2.05) is 112 Å². The molecule has 0 spiro atoms. The van der Waals surface area contributed by atoms with Crippen molar-refractivity contribution in [3.63, 3.8) is 0 Å². The molecule has 0 saturated carbocycles. The van der Waals surface area contributed by atoms with Crippen molar-refractivity contribution in [2.24, 2.45) is 0 Å². The molecule has 342 valence electrons. The second-order valence-electron chi connectivity index (χ2n) is 16.6. The molecule has 0 unspecified atom stereocenters. The first-order chi connectivity index (χ1) is 32.4. The van der Waals surface area contributed by atoms with Gasteiger partial charge in [0, 0.05) is 67.8 Å². The number of methoxy groups -OCH3 is 4. The fourth-order valence-corrected chi connectivity index (χ4v) is 8.57. The van der Waals surface area contributed by atoms with Crippen LogP contribution < -0.4 is 28.5 Å². The third-order valence-electron chi connectivity index (χ3n) is 12.0. The lowest BCUT2D eigenvalue weighted by Gasteiger charge is -2.37. The zero-order chi connectivity index (χ0) is 47.7. The summed E-state index contributed by atoms with van der Waals surface area (Å²) in [6.45, 7) is 5.87. The molecule has 0 radical (unpaired) electrons. The van der Waals surface area contributed by atoms with E-state index in [4.69, 9.17) is 18.9 Å². The van der Waals surface area contributed by atoms with Gasteiger partial charge in [0.2, 0.25) is 0 Å². The van der Waals surface area contributed by atoms with Crippen LogP contribution in [0.1, 0.15) is 50.1 Å². The van der Waals surface area contributed by atoms with Crippen LogP contribution in [0.15, 0.2) is 164 Å². The highest BCUT2D eigenvalue weighted by Crippen LogP contribution is 2.52. The first-order valence-electron chi connectivity index (χ1n) is 22.0. The number of benzene rings is 8. The van der Waals surface area contributed by atoms with E-state index in [0.29, 0.717) is 51.6 Å². The molecule has 0 bridgehead atoms. The summed E-state index contributed by atoms with van der Waals surface area (Å²) in [5.74, 6) is 3.65. The van der Waals surface area contributed by atoms with Gasteiger partial charge in [-0.25, -0.2) is 0 Å². The van der Waals surface area contributed by atoms with Crippen molar-refractivity contribution >= 4 is 22.7 Å². The van der Waals surface area contributed by atoms with Gasteiger partial charge in [0.25, 0.3) is 0 Å². The van der Waals surface area contributed by atoms with Gasteiger partial charge in [-0.2, -0.15) is 4.48 Å². The van der Waals surface area contributed by atoms with Crippen molar-refractivity contribution in [3.05, 3.63) is 214 Å². The molecule has 0 heterocycles. The predicted octanol–water partition coefficient (Wildman–Crippen LogP) is 12.6. The number of hydrogen-bond acceptors (Lipinski definition) is 8. The second-order valence-corrected chi connectivity index (χ2v) is 16.6. The molecule has 9 heteroatoms. The summed E-state index contributed by atoms with van der Waals surface area (Å²) in [6, 6.07) is 52.7. The molecule has 0 saturated heterocycles. The summed E-state index contributed by atoms with van der Waals surface area (Å²) in [6.07, 6.45) is 1.04. The third kappa shape index (κ3) is 10.5. The Morgan fingerprint density at radius 2 is 0.672 bits per heavy atom. The third-order valence-corrected chi connectivity index (χ3v) is 12.0. The van der Waals surface area contributed by atoms with Gasteiger partial charge in [0.15, 0.2) is 0 Å². The Kier molecular flexibility index (Phi) is 14.7. The van der Waals surface area contributed by atoms with Crippen LogP contribution in [0.5, 0.6) is 46.0 Å². The number of quaternary nitrogens is 1. The zero-order valence-corrected chi connectivity index (χ0v) is 39.0. The van der Waals surface area contributed by atoms with Gasteiger partial charge >= 0.3 is 0 Å². The van der Waals surface area contributed by atoms with Crippen molar-refractivity contribution in [1.82, 2.24) is 4.48 Å². The summed E-state index contributed by atoms with van der Waals surface area (Å²) < 4.78 is 22.1. The molecule has 3 N–H and O–H groups in total. The van der Waals surface area contributed by atoms with Crippen LogP contribution in [0, 0.1) is 20.8 Å².